The maximum absolute atomic E-state index is 15.0. The molecule has 5 nitrogen and oxygen atoms in total. The molecule has 5 N–H and O–H groups in total. The summed E-state index contributed by atoms with van der Waals surface area (Å²) >= 11 is 0. The summed E-state index contributed by atoms with van der Waals surface area (Å²) in [5.74, 6) is -0.318. The molecule has 24 heavy (non-hydrogen) atoms. The van der Waals surface area contributed by atoms with Crippen LogP contribution in [0.3, 0.4) is 0 Å². The number of aromatic amines is 1. The molecule has 0 saturated carbocycles. The second-order valence-electron chi connectivity index (χ2n) is 6.71. The molecule has 1 unspecified atom stereocenters. The third kappa shape index (κ3) is 2.90. The first-order valence-electron chi connectivity index (χ1n) is 8.67. The normalized spacial score (nSPS) is 19.9. The molecule has 0 spiro atoms. The minimum atomic E-state index is -1.20. The van der Waals surface area contributed by atoms with Gasteiger partial charge < -0.3 is 26.0 Å². The van der Waals surface area contributed by atoms with E-state index in [1.807, 2.05) is 13.8 Å². The third-order valence-electron chi connectivity index (χ3n) is 5.08. The number of fused-ring (bicyclic) bond motifs is 1. The number of aryl methyl sites for hydroxylation is 2. The lowest BCUT2D eigenvalue weighted by atomic mass is 10.00. The predicted molar refractivity (Wildman–Crippen MR) is 95.8 cm³/mol. The van der Waals surface area contributed by atoms with Crippen molar-refractivity contribution in [1.82, 2.24) is 10.3 Å². The highest BCUT2D eigenvalue weighted by atomic mass is 19.1. The van der Waals surface area contributed by atoms with Gasteiger partial charge in [0, 0.05) is 35.8 Å². The van der Waals surface area contributed by atoms with E-state index in [0.717, 1.165) is 54.6 Å². The van der Waals surface area contributed by atoms with Crippen molar-refractivity contribution < 1.29 is 9.50 Å². The summed E-state index contributed by atoms with van der Waals surface area (Å²) in [6, 6.07) is 1.74. The lowest BCUT2D eigenvalue weighted by Gasteiger charge is -2.35. The van der Waals surface area contributed by atoms with Crippen LogP contribution in [0.2, 0.25) is 0 Å². The van der Waals surface area contributed by atoms with Crippen molar-refractivity contribution in [3.8, 4) is 0 Å². The molecule has 0 aliphatic carbocycles. The van der Waals surface area contributed by atoms with E-state index in [-0.39, 0.29) is 5.82 Å². The minimum absolute atomic E-state index is 0.318. The Kier molecular flexibility index (Phi) is 4.80. The van der Waals surface area contributed by atoms with Crippen LogP contribution >= 0.6 is 0 Å². The fourth-order valence-electron chi connectivity index (χ4n) is 3.81. The van der Waals surface area contributed by atoms with Crippen molar-refractivity contribution in [2.24, 2.45) is 5.73 Å². The zero-order chi connectivity index (χ0) is 17.4. The smallest absolute Gasteiger partial charge is 0.147 e. The zero-order valence-electron chi connectivity index (χ0n) is 14.6. The lowest BCUT2D eigenvalue weighted by Crippen LogP contribution is -2.46. The number of anilines is 1. The zero-order valence-corrected chi connectivity index (χ0v) is 14.6. The number of benzene rings is 1. The average molecular weight is 334 g/mol. The highest BCUT2D eigenvalue weighted by Crippen LogP contribution is 2.38. The first-order chi connectivity index (χ1) is 11.4. The molecule has 1 fully saturated rings. The van der Waals surface area contributed by atoms with Crippen molar-refractivity contribution in [3.63, 3.8) is 0 Å². The van der Waals surface area contributed by atoms with Crippen molar-refractivity contribution in [3.05, 3.63) is 28.7 Å². The largest absolute Gasteiger partial charge is 0.374 e. The molecular weight excluding hydrogens is 307 g/mol. The van der Waals surface area contributed by atoms with E-state index in [2.05, 4.69) is 22.1 Å². The molecule has 1 aromatic carbocycles. The molecule has 1 aromatic heterocycles. The van der Waals surface area contributed by atoms with Gasteiger partial charge in [-0.3, -0.25) is 0 Å². The fourth-order valence-corrected chi connectivity index (χ4v) is 3.81. The van der Waals surface area contributed by atoms with E-state index in [0.29, 0.717) is 17.3 Å². The number of hydrogen-bond acceptors (Lipinski definition) is 4. The molecule has 1 aliphatic heterocycles. The first-order valence-corrected chi connectivity index (χ1v) is 8.67. The number of H-pyrrole nitrogens is 1. The van der Waals surface area contributed by atoms with Gasteiger partial charge in [-0.2, -0.15) is 0 Å². The van der Waals surface area contributed by atoms with E-state index in [4.69, 9.17) is 5.73 Å². The number of aliphatic hydroxyl groups is 1. The molecule has 0 bridgehead atoms. The van der Waals surface area contributed by atoms with Gasteiger partial charge in [0.1, 0.15) is 12.0 Å². The quantitative estimate of drug-likeness (QED) is 0.648. The number of aliphatic hydroxyl groups excluding tert-OH is 1. The molecule has 6 heteroatoms. The second kappa shape index (κ2) is 6.70. The van der Waals surface area contributed by atoms with Crippen LogP contribution in [0.25, 0.3) is 10.9 Å². The third-order valence-corrected chi connectivity index (χ3v) is 5.08. The molecule has 2 atom stereocenters. The highest BCUT2D eigenvalue weighted by Gasteiger charge is 2.27. The molecular formula is C18H27FN4O. The topological polar surface area (TPSA) is 77.3 Å². The average Bonchev–Trinajstić information content (AvgIpc) is 2.83. The second-order valence-corrected chi connectivity index (χ2v) is 6.71. The maximum atomic E-state index is 15.0. The molecule has 0 amide bonds. The minimum Gasteiger partial charge on any atom is -0.374 e. The Bertz CT molecular complexity index is 738. The molecule has 3 rings (SSSR count). The van der Waals surface area contributed by atoms with E-state index in [1.165, 1.54) is 6.07 Å². The summed E-state index contributed by atoms with van der Waals surface area (Å²) in [5.41, 5.74) is 9.39. The number of hydrogen-bond donors (Lipinski definition) is 4. The Morgan fingerprint density at radius 2 is 2.25 bits per heavy atom. The number of rotatable bonds is 4. The van der Waals surface area contributed by atoms with Gasteiger partial charge in [-0.05, 0) is 44.9 Å². The SMILES string of the molecule is CCN[C@H]1CCCN(c2c(F)cc(C(N)O)c3[nH]c(C)c(C)c23)C1. The van der Waals surface area contributed by atoms with Crippen molar-refractivity contribution in [2.75, 3.05) is 24.5 Å². The van der Waals surface area contributed by atoms with Crippen LogP contribution in [-0.4, -0.2) is 35.8 Å². The Morgan fingerprint density at radius 3 is 2.92 bits per heavy atom. The van der Waals surface area contributed by atoms with Gasteiger partial charge in [0.15, 0.2) is 0 Å². The van der Waals surface area contributed by atoms with Gasteiger partial charge in [-0.25, -0.2) is 4.39 Å². The molecule has 132 valence electrons. The van der Waals surface area contributed by atoms with Gasteiger partial charge in [-0.15, -0.1) is 0 Å². The number of nitrogens with one attached hydrogen (secondary N) is 2. The first kappa shape index (κ1) is 17.2. The number of nitrogens with two attached hydrogens (primary N) is 1. The summed E-state index contributed by atoms with van der Waals surface area (Å²) in [6.45, 7) is 8.57. The summed E-state index contributed by atoms with van der Waals surface area (Å²) < 4.78 is 15.0. The molecule has 1 saturated heterocycles. The Labute approximate surface area is 142 Å². The van der Waals surface area contributed by atoms with Gasteiger partial charge >= 0.3 is 0 Å². The molecule has 0 radical (unpaired) electrons. The summed E-state index contributed by atoms with van der Waals surface area (Å²) in [5, 5.41) is 14.1. The van der Waals surface area contributed by atoms with Crippen LogP contribution < -0.4 is 16.0 Å². The Morgan fingerprint density at radius 1 is 1.50 bits per heavy atom. The molecule has 2 heterocycles. The number of likely N-dealkylation sites (N-methyl/N-ethyl adjacent to an activating group) is 1. The van der Waals surface area contributed by atoms with E-state index in [9.17, 15) is 9.50 Å². The highest BCUT2D eigenvalue weighted by molar-refractivity contribution is 5.98. The molecule has 2 aromatic rings. The Balaban J connectivity index is 2.14. The van der Waals surface area contributed by atoms with E-state index >= 15 is 0 Å². The van der Waals surface area contributed by atoms with Crippen molar-refractivity contribution in [1.29, 1.82) is 0 Å². The van der Waals surface area contributed by atoms with Crippen LogP contribution in [0.15, 0.2) is 6.07 Å². The van der Waals surface area contributed by atoms with Crippen LogP contribution in [-0.2, 0) is 0 Å². The van der Waals surface area contributed by atoms with Crippen molar-refractivity contribution in [2.45, 2.75) is 45.9 Å². The Hall–Kier alpha value is -1.63. The van der Waals surface area contributed by atoms with Crippen LogP contribution in [0.1, 0.15) is 42.8 Å². The van der Waals surface area contributed by atoms with Crippen LogP contribution in [0, 0.1) is 19.7 Å². The number of aromatic nitrogens is 1. The van der Waals surface area contributed by atoms with Gasteiger partial charge in [0.25, 0.3) is 0 Å². The fraction of sp³-hybridized carbons (Fsp3) is 0.556. The standard InChI is InChI=1S/C18H27FN4O/c1-4-21-12-6-5-7-23(9-12)17-14(19)8-13(18(20)24)16-15(17)10(2)11(3)22-16/h8,12,18,21-22,24H,4-7,9,20H2,1-3H3/t12-,18?/m0/s1. The van der Waals surface area contributed by atoms with Crippen molar-refractivity contribution >= 4 is 16.6 Å². The summed E-state index contributed by atoms with van der Waals surface area (Å²) in [7, 11) is 0. The van der Waals surface area contributed by atoms with Gasteiger partial charge in [0.2, 0.25) is 0 Å². The number of nitrogens with zero attached hydrogens (tertiary/aromatic N) is 1. The van der Waals surface area contributed by atoms with E-state index in [1.54, 1.807) is 0 Å². The lowest BCUT2D eigenvalue weighted by molar-refractivity contribution is 0.187. The number of piperidine rings is 1. The van der Waals surface area contributed by atoms with Crippen LogP contribution in [0.4, 0.5) is 10.1 Å². The monoisotopic (exact) mass is 334 g/mol. The van der Waals surface area contributed by atoms with Gasteiger partial charge in [-0.1, -0.05) is 6.92 Å². The van der Waals surface area contributed by atoms with E-state index < -0.39 is 6.23 Å². The summed E-state index contributed by atoms with van der Waals surface area (Å²) in [6.07, 6.45) is 0.937. The van der Waals surface area contributed by atoms with Crippen LogP contribution in [0.5, 0.6) is 0 Å². The maximum Gasteiger partial charge on any atom is 0.147 e. The molecule has 1 aliphatic rings. The predicted octanol–water partition coefficient (Wildman–Crippen LogP) is 2.45. The summed E-state index contributed by atoms with van der Waals surface area (Å²) in [4.78, 5) is 5.40. The number of halogens is 1. The van der Waals surface area contributed by atoms with Gasteiger partial charge in [0.05, 0.1) is 11.2 Å².